The van der Waals surface area contributed by atoms with Gasteiger partial charge >= 0.3 is 0 Å². The third-order valence-electron chi connectivity index (χ3n) is 4.10. The number of hydrogen-bond acceptors (Lipinski definition) is 4. The number of anilines is 1. The van der Waals surface area contributed by atoms with Gasteiger partial charge in [0.25, 0.3) is 5.91 Å². The number of ether oxygens (including phenoxy) is 1. The molecule has 1 unspecified atom stereocenters. The SMILES string of the molecule is CC(Oc1ccccc1)C(=O)Nc1ccc2oc(-c3ccccc3)nc2c1. The van der Waals surface area contributed by atoms with Crippen LogP contribution in [0.4, 0.5) is 5.69 Å². The minimum atomic E-state index is -0.625. The van der Waals surface area contributed by atoms with E-state index in [1.54, 1.807) is 25.1 Å². The lowest BCUT2D eigenvalue weighted by atomic mass is 10.2. The number of oxazole rings is 1. The van der Waals surface area contributed by atoms with E-state index in [1.807, 2.05) is 60.7 Å². The molecule has 0 saturated carbocycles. The number of nitrogens with zero attached hydrogens (tertiary/aromatic N) is 1. The summed E-state index contributed by atoms with van der Waals surface area (Å²) in [7, 11) is 0. The fourth-order valence-electron chi connectivity index (χ4n) is 2.71. The van der Waals surface area contributed by atoms with Gasteiger partial charge in [0.15, 0.2) is 11.7 Å². The van der Waals surface area contributed by atoms with Gasteiger partial charge in [-0.25, -0.2) is 4.98 Å². The average molecular weight is 358 g/mol. The Morgan fingerprint density at radius 3 is 2.44 bits per heavy atom. The number of carbonyl (C=O) groups is 1. The van der Waals surface area contributed by atoms with Gasteiger partial charge in [0.2, 0.25) is 5.89 Å². The molecular weight excluding hydrogens is 340 g/mol. The van der Waals surface area contributed by atoms with Crippen molar-refractivity contribution in [3.63, 3.8) is 0 Å². The van der Waals surface area contributed by atoms with Crippen molar-refractivity contribution in [3.05, 3.63) is 78.9 Å². The molecule has 1 atom stereocenters. The Labute approximate surface area is 156 Å². The van der Waals surface area contributed by atoms with Gasteiger partial charge in [0.1, 0.15) is 11.3 Å². The Kier molecular flexibility index (Phi) is 4.58. The van der Waals surface area contributed by atoms with Crippen LogP contribution in [0.3, 0.4) is 0 Å². The second kappa shape index (κ2) is 7.33. The molecule has 0 aliphatic heterocycles. The number of para-hydroxylation sites is 1. The molecule has 0 bridgehead atoms. The molecule has 27 heavy (non-hydrogen) atoms. The third kappa shape index (κ3) is 3.82. The van der Waals surface area contributed by atoms with Crippen LogP contribution in [0.1, 0.15) is 6.92 Å². The smallest absolute Gasteiger partial charge is 0.265 e. The van der Waals surface area contributed by atoms with E-state index >= 15 is 0 Å². The van der Waals surface area contributed by atoms with Crippen molar-refractivity contribution in [2.45, 2.75) is 13.0 Å². The molecule has 0 fully saturated rings. The first-order chi connectivity index (χ1) is 13.2. The normalized spacial score (nSPS) is 11.9. The highest BCUT2D eigenvalue weighted by Crippen LogP contribution is 2.26. The molecule has 4 rings (SSSR count). The number of aromatic nitrogens is 1. The van der Waals surface area contributed by atoms with E-state index in [2.05, 4.69) is 10.3 Å². The van der Waals surface area contributed by atoms with Crippen molar-refractivity contribution in [1.29, 1.82) is 0 Å². The van der Waals surface area contributed by atoms with E-state index in [1.165, 1.54) is 0 Å². The van der Waals surface area contributed by atoms with Gasteiger partial charge < -0.3 is 14.5 Å². The van der Waals surface area contributed by atoms with Crippen molar-refractivity contribution in [2.75, 3.05) is 5.32 Å². The van der Waals surface area contributed by atoms with Crippen LogP contribution >= 0.6 is 0 Å². The number of fused-ring (bicyclic) bond motifs is 1. The summed E-state index contributed by atoms with van der Waals surface area (Å²) in [6.07, 6.45) is -0.625. The van der Waals surface area contributed by atoms with Crippen molar-refractivity contribution in [2.24, 2.45) is 0 Å². The lowest BCUT2D eigenvalue weighted by Crippen LogP contribution is -2.30. The molecule has 4 aromatic rings. The zero-order valence-corrected chi connectivity index (χ0v) is 14.8. The highest BCUT2D eigenvalue weighted by atomic mass is 16.5. The van der Waals surface area contributed by atoms with E-state index < -0.39 is 6.10 Å². The predicted molar refractivity (Wildman–Crippen MR) is 105 cm³/mol. The Morgan fingerprint density at radius 1 is 1.00 bits per heavy atom. The fourth-order valence-corrected chi connectivity index (χ4v) is 2.71. The van der Waals surface area contributed by atoms with Crippen LogP contribution in [0.15, 0.2) is 83.3 Å². The summed E-state index contributed by atoms with van der Waals surface area (Å²) in [5.41, 5.74) is 2.90. The Hall–Kier alpha value is -3.60. The summed E-state index contributed by atoms with van der Waals surface area (Å²) in [6.45, 7) is 1.71. The van der Waals surface area contributed by atoms with Crippen LogP contribution in [-0.4, -0.2) is 17.0 Å². The minimum Gasteiger partial charge on any atom is -0.481 e. The topological polar surface area (TPSA) is 64.4 Å². The highest BCUT2D eigenvalue weighted by Gasteiger charge is 2.16. The van der Waals surface area contributed by atoms with Gasteiger partial charge in [-0.1, -0.05) is 36.4 Å². The molecule has 5 heteroatoms. The fraction of sp³-hybridized carbons (Fsp3) is 0.0909. The molecule has 1 amide bonds. The van der Waals surface area contributed by atoms with Crippen LogP contribution in [0, 0.1) is 0 Å². The van der Waals surface area contributed by atoms with E-state index in [9.17, 15) is 4.79 Å². The minimum absolute atomic E-state index is 0.231. The molecule has 0 aliphatic carbocycles. The Balaban J connectivity index is 1.49. The standard InChI is InChI=1S/C22H18N2O3/c1-15(26-18-10-6-3-7-11-18)21(25)23-17-12-13-20-19(14-17)24-22(27-20)16-8-4-2-5-9-16/h2-15H,1H3,(H,23,25). The van der Waals surface area contributed by atoms with Crippen LogP contribution in [-0.2, 0) is 4.79 Å². The quantitative estimate of drug-likeness (QED) is 0.551. The second-order valence-electron chi connectivity index (χ2n) is 6.13. The maximum absolute atomic E-state index is 12.4. The molecule has 0 saturated heterocycles. The van der Waals surface area contributed by atoms with Gasteiger partial charge in [-0.15, -0.1) is 0 Å². The lowest BCUT2D eigenvalue weighted by molar-refractivity contribution is -0.122. The number of amides is 1. The number of carbonyl (C=O) groups excluding carboxylic acids is 1. The molecule has 1 heterocycles. The summed E-state index contributed by atoms with van der Waals surface area (Å²) < 4.78 is 11.4. The van der Waals surface area contributed by atoms with E-state index in [0.29, 0.717) is 28.4 Å². The van der Waals surface area contributed by atoms with E-state index in [4.69, 9.17) is 9.15 Å². The average Bonchev–Trinajstić information content (AvgIpc) is 3.13. The Bertz CT molecular complexity index is 1060. The molecule has 1 N–H and O–H groups in total. The molecule has 5 nitrogen and oxygen atoms in total. The maximum Gasteiger partial charge on any atom is 0.265 e. The van der Waals surface area contributed by atoms with E-state index in [-0.39, 0.29) is 5.91 Å². The maximum atomic E-state index is 12.4. The molecule has 0 aliphatic rings. The highest BCUT2D eigenvalue weighted by molar-refractivity contribution is 5.95. The zero-order chi connectivity index (χ0) is 18.6. The van der Waals surface area contributed by atoms with Crippen molar-refractivity contribution in [3.8, 4) is 17.2 Å². The third-order valence-corrected chi connectivity index (χ3v) is 4.10. The van der Waals surface area contributed by atoms with E-state index in [0.717, 1.165) is 5.56 Å². The van der Waals surface area contributed by atoms with Crippen molar-refractivity contribution in [1.82, 2.24) is 4.98 Å². The summed E-state index contributed by atoms with van der Waals surface area (Å²) in [6, 6.07) is 24.3. The van der Waals surface area contributed by atoms with Gasteiger partial charge in [-0.2, -0.15) is 0 Å². The first kappa shape index (κ1) is 16.8. The van der Waals surface area contributed by atoms with Gasteiger partial charge in [-0.05, 0) is 49.4 Å². The number of nitrogens with one attached hydrogen (secondary N) is 1. The Morgan fingerprint density at radius 2 is 1.70 bits per heavy atom. The molecule has 0 radical (unpaired) electrons. The number of hydrogen-bond donors (Lipinski definition) is 1. The van der Waals surface area contributed by atoms with Crippen LogP contribution in [0.5, 0.6) is 5.75 Å². The summed E-state index contributed by atoms with van der Waals surface area (Å²) >= 11 is 0. The molecular formula is C22H18N2O3. The first-order valence-electron chi connectivity index (χ1n) is 8.67. The number of rotatable bonds is 5. The van der Waals surface area contributed by atoms with Crippen LogP contribution < -0.4 is 10.1 Å². The molecule has 0 spiro atoms. The molecule has 3 aromatic carbocycles. The second-order valence-corrected chi connectivity index (χ2v) is 6.13. The molecule has 134 valence electrons. The predicted octanol–water partition coefficient (Wildman–Crippen LogP) is 4.90. The summed E-state index contributed by atoms with van der Waals surface area (Å²) in [5.74, 6) is 0.972. The first-order valence-corrected chi connectivity index (χ1v) is 8.67. The van der Waals surface area contributed by atoms with Gasteiger partial charge in [-0.3, -0.25) is 4.79 Å². The number of benzene rings is 3. The van der Waals surface area contributed by atoms with Crippen molar-refractivity contribution < 1.29 is 13.9 Å². The van der Waals surface area contributed by atoms with Crippen LogP contribution in [0.2, 0.25) is 0 Å². The lowest BCUT2D eigenvalue weighted by Gasteiger charge is -2.14. The summed E-state index contributed by atoms with van der Waals surface area (Å²) in [5, 5.41) is 2.86. The zero-order valence-electron chi connectivity index (χ0n) is 14.8. The van der Waals surface area contributed by atoms with Crippen LogP contribution in [0.25, 0.3) is 22.6 Å². The summed E-state index contributed by atoms with van der Waals surface area (Å²) in [4.78, 5) is 16.9. The monoisotopic (exact) mass is 358 g/mol. The van der Waals surface area contributed by atoms with Crippen molar-refractivity contribution >= 4 is 22.7 Å². The largest absolute Gasteiger partial charge is 0.481 e. The molecule has 1 aromatic heterocycles. The van der Waals surface area contributed by atoms with Gasteiger partial charge in [0.05, 0.1) is 0 Å². The van der Waals surface area contributed by atoms with Gasteiger partial charge in [0, 0.05) is 11.3 Å².